The summed E-state index contributed by atoms with van der Waals surface area (Å²) in [6, 6.07) is 5.85. The molecule has 2 rings (SSSR count). The van der Waals surface area contributed by atoms with E-state index in [2.05, 4.69) is 15.0 Å². The number of aliphatic carboxylic acids is 1. The van der Waals surface area contributed by atoms with Gasteiger partial charge in [-0.05, 0) is 12.1 Å². The van der Waals surface area contributed by atoms with Gasteiger partial charge >= 0.3 is 5.97 Å². The van der Waals surface area contributed by atoms with Crippen molar-refractivity contribution in [2.24, 2.45) is 5.16 Å². The number of carboxylic acid groups (broad SMARTS) is 1. The number of hydrogen-bond donors (Lipinski definition) is 2. The lowest BCUT2D eigenvalue weighted by atomic mass is 10.1. The zero-order chi connectivity index (χ0) is 16.1. The molecule has 22 heavy (non-hydrogen) atoms. The monoisotopic (exact) mass is 307 g/mol. The quantitative estimate of drug-likeness (QED) is 0.632. The van der Waals surface area contributed by atoms with Gasteiger partial charge in [0.25, 0.3) is 11.4 Å². The molecule has 8 nitrogen and oxygen atoms in total. The summed E-state index contributed by atoms with van der Waals surface area (Å²) < 4.78 is 18.8. The fourth-order valence-electron chi connectivity index (χ4n) is 1.59. The largest absolute Gasteiger partial charge is 0.476 e. The summed E-state index contributed by atoms with van der Waals surface area (Å²) in [6.45, 7) is 0. The molecular weight excluding hydrogens is 297 g/mol. The summed E-state index contributed by atoms with van der Waals surface area (Å²) >= 11 is 0. The van der Waals surface area contributed by atoms with Crippen LogP contribution in [0.1, 0.15) is 5.56 Å². The molecule has 0 saturated heterocycles. The van der Waals surface area contributed by atoms with Crippen molar-refractivity contribution >= 4 is 11.7 Å². The molecule has 0 fully saturated rings. The zero-order valence-electron chi connectivity index (χ0n) is 11.2. The standard InChI is InChI=1S/C13H10FN3O5/c1-21-17-10(13(19)20)7-4-2-3-5-8(7)22-12-9(14)11(18)15-6-16-12/h2-6H,1H3,(H,19,20)(H,15,16,18)/b17-10-. The lowest BCUT2D eigenvalue weighted by Crippen LogP contribution is -2.17. The summed E-state index contributed by atoms with van der Waals surface area (Å²) in [7, 11) is 1.18. The highest BCUT2D eigenvalue weighted by atomic mass is 19.1. The molecule has 0 unspecified atom stereocenters. The summed E-state index contributed by atoms with van der Waals surface area (Å²) in [5.74, 6) is -3.22. The number of rotatable bonds is 5. The topological polar surface area (TPSA) is 114 Å². The number of hydrogen-bond acceptors (Lipinski definition) is 6. The molecule has 2 N–H and O–H groups in total. The third kappa shape index (κ3) is 3.08. The van der Waals surface area contributed by atoms with Crippen LogP contribution < -0.4 is 10.3 Å². The number of H-pyrrole nitrogens is 1. The van der Waals surface area contributed by atoms with E-state index < -0.39 is 28.9 Å². The SMILES string of the molecule is CO/N=C(\C(=O)O)c1ccccc1Oc1nc[nH]c(=O)c1F. The molecule has 0 amide bonds. The number of benzene rings is 1. The van der Waals surface area contributed by atoms with Gasteiger partial charge in [0.1, 0.15) is 12.9 Å². The second-order valence-corrected chi connectivity index (χ2v) is 3.88. The molecular formula is C13H10FN3O5. The van der Waals surface area contributed by atoms with E-state index in [1.807, 2.05) is 4.98 Å². The molecule has 1 heterocycles. The smallest absolute Gasteiger partial charge is 0.358 e. The highest BCUT2D eigenvalue weighted by molar-refractivity contribution is 6.43. The van der Waals surface area contributed by atoms with Gasteiger partial charge in [-0.2, -0.15) is 4.39 Å². The molecule has 0 spiro atoms. The second kappa shape index (κ2) is 6.48. The molecule has 0 saturated carbocycles. The first-order valence-electron chi connectivity index (χ1n) is 5.89. The van der Waals surface area contributed by atoms with E-state index in [-0.39, 0.29) is 11.3 Å². The van der Waals surface area contributed by atoms with E-state index in [0.29, 0.717) is 0 Å². The molecule has 0 bridgehead atoms. The van der Waals surface area contributed by atoms with E-state index >= 15 is 0 Å². The van der Waals surface area contributed by atoms with Crippen LogP contribution in [0.2, 0.25) is 0 Å². The first-order valence-corrected chi connectivity index (χ1v) is 5.89. The van der Waals surface area contributed by atoms with E-state index in [0.717, 1.165) is 6.33 Å². The van der Waals surface area contributed by atoms with Crippen LogP contribution in [0.3, 0.4) is 0 Å². The number of carbonyl (C=O) groups is 1. The lowest BCUT2D eigenvalue weighted by molar-refractivity contribution is -0.129. The zero-order valence-corrected chi connectivity index (χ0v) is 11.2. The summed E-state index contributed by atoms with van der Waals surface area (Å²) in [5.41, 5.74) is -1.41. The van der Waals surface area contributed by atoms with Crippen LogP contribution in [0.25, 0.3) is 0 Å². The minimum Gasteiger partial charge on any atom is -0.476 e. The third-order valence-corrected chi connectivity index (χ3v) is 2.50. The van der Waals surface area contributed by atoms with Crippen LogP contribution in [0.15, 0.2) is 40.5 Å². The first kappa shape index (κ1) is 15.2. The molecule has 0 aliphatic heterocycles. The Morgan fingerprint density at radius 1 is 1.41 bits per heavy atom. The summed E-state index contributed by atoms with van der Waals surface area (Å²) in [6.07, 6.45) is 0.963. The maximum atomic E-state index is 13.6. The molecule has 1 aromatic carbocycles. The van der Waals surface area contributed by atoms with Crippen LogP contribution in [0.5, 0.6) is 11.6 Å². The number of carboxylic acids is 1. The van der Waals surface area contributed by atoms with Gasteiger partial charge in [-0.15, -0.1) is 0 Å². The van der Waals surface area contributed by atoms with Crippen LogP contribution in [0, 0.1) is 5.82 Å². The normalized spacial score (nSPS) is 11.1. The summed E-state index contributed by atoms with van der Waals surface area (Å²) in [5, 5.41) is 12.5. The molecule has 2 aromatic rings. The molecule has 9 heteroatoms. The highest BCUT2D eigenvalue weighted by Crippen LogP contribution is 2.25. The van der Waals surface area contributed by atoms with Crippen LogP contribution >= 0.6 is 0 Å². The van der Waals surface area contributed by atoms with Gasteiger partial charge in [0.15, 0.2) is 5.71 Å². The van der Waals surface area contributed by atoms with Crippen molar-refractivity contribution in [3.63, 3.8) is 0 Å². The maximum absolute atomic E-state index is 13.6. The number of oxime groups is 1. The third-order valence-electron chi connectivity index (χ3n) is 2.50. The predicted molar refractivity (Wildman–Crippen MR) is 72.5 cm³/mol. The minimum atomic E-state index is -1.36. The molecule has 0 atom stereocenters. The Kier molecular flexibility index (Phi) is 4.47. The minimum absolute atomic E-state index is 0.0401. The van der Waals surface area contributed by atoms with Gasteiger partial charge in [0.05, 0.1) is 11.9 Å². The molecule has 114 valence electrons. The first-order chi connectivity index (χ1) is 10.5. The van der Waals surface area contributed by atoms with Gasteiger partial charge in [0.2, 0.25) is 5.82 Å². The number of nitrogens with one attached hydrogen (secondary N) is 1. The molecule has 0 aliphatic carbocycles. The Morgan fingerprint density at radius 2 is 2.14 bits per heavy atom. The van der Waals surface area contributed by atoms with E-state index in [4.69, 9.17) is 9.84 Å². The average Bonchev–Trinajstić information content (AvgIpc) is 2.50. The number of ether oxygens (including phenoxy) is 1. The van der Waals surface area contributed by atoms with Crippen molar-refractivity contribution in [2.75, 3.05) is 7.11 Å². The molecule has 0 aliphatic rings. The van der Waals surface area contributed by atoms with Crippen molar-refractivity contribution in [1.29, 1.82) is 0 Å². The van der Waals surface area contributed by atoms with E-state index in [1.165, 1.54) is 31.4 Å². The molecule has 0 radical (unpaired) electrons. The van der Waals surface area contributed by atoms with Gasteiger partial charge in [-0.25, -0.2) is 9.78 Å². The Labute approximate surface area is 122 Å². The van der Waals surface area contributed by atoms with Gasteiger partial charge in [0, 0.05) is 0 Å². The Morgan fingerprint density at radius 3 is 2.82 bits per heavy atom. The van der Waals surface area contributed by atoms with Gasteiger partial charge in [-0.1, -0.05) is 17.3 Å². The van der Waals surface area contributed by atoms with Crippen LogP contribution in [0.4, 0.5) is 4.39 Å². The lowest BCUT2D eigenvalue weighted by Gasteiger charge is -2.09. The van der Waals surface area contributed by atoms with E-state index in [1.54, 1.807) is 0 Å². The van der Waals surface area contributed by atoms with Crippen molar-refractivity contribution < 1.29 is 23.9 Å². The maximum Gasteiger partial charge on any atom is 0.358 e. The summed E-state index contributed by atoms with van der Waals surface area (Å²) in [4.78, 5) is 32.4. The Bertz CT molecular complexity index is 787. The Hall–Kier alpha value is -3.23. The second-order valence-electron chi connectivity index (χ2n) is 3.88. The van der Waals surface area contributed by atoms with Gasteiger partial charge in [-0.3, -0.25) is 4.79 Å². The number of para-hydroxylation sites is 1. The molecule has 1 aromatic heterocycles. The van der Waals surface area contributed by atoms with Crippen molar-refractivity contribution in [1.82, 2.24) is 9.97 Å². The van der Waals surface area contributed by atoms with Crippen molar-refractivity contribution in [3.05, 3.63) is 52.3 Å². The number of halogens is 1. The van der Waals surface area contributed by atoms with Crippen molar-refractivity contribution in [2.45, 2.75) is 0 Å². The fraction of sp³-hybridized carbons (Fsp3) is 0.0769. The highest BCUT2D eigenvalue weighted by Gasteiger charge is 2.20. The average molecular weight is 307 g/mol. The number of aromatic nitrogens is 2. The van der Waals surface area contributed by atoms with Gasteiger partial charge < -0.3 is 19.7 Å². The van der Waals surface area contributed by atoms with Crippen molar-refractivity contribution in [3.8, 4) is 11.6 Å². The number of nitrogens with zero attached hydrogens (tertiary/aromatic N) is 2. The Balaban J connectivity index is 2.49. The van der Waals surface area contributed by atoms with E-state index in [9.17, 15) is 14.0 Å². The predicted octanol–water partition coefficient (Wildman–Crippen LogP) is 1.14. The fourth-order valence-corrected chi connectivity index (χ4v) is 1.59. The number of aromatic amines is 1. The van der Waals surface area contributed by atoms with Crippen LogP contribution in [-0.2, 0) is 9.63 Å². The van der Waals surface area contributed by atoms with Crippen LogP contribution in [-0.4, -0.2) is 33.9 Å².